The molecule has 0 amide bonds. The Morgan fingerprint density at radius 2 is 1.57 bits per heavy atom. The van der Waals surface area contributed by atoms with Gasteiger partial charge >= 0.3 is 0 Å². The molecule has 0 spiro atoms. The van der Waals surface area contributed by atoms with Crippen molar-refractivity contribution in [1.82, 2.24) is 0 Å². The van der Waals surface area contributed by atoms with Crippen LogP contribution >= 0.6 is 63.7 Å². The summed E-state index contributed by atoms with van der Waals surface area (Å²) in [6, 6.07) is 9.28. The highest BCUT2D eigenvalue weighted by atomic mass is 79.9. The van der Waals surface area contributed by atoms with Crippen molar-refractivity contribution in [2.75, 3.05) is 0 Å². The molecule has 1 aliphatic rings. The van der Waals surface area contributed by atoms with Crippen molar-refractivity contribution in [2.24, 2.45) is 0 Å². The number of phenolic OH excluding ortho intramolecular Hbond substituents is 1. The number of carbonyl (C=O) groups is 1. The Hall–Kier alpha value is -1.04. The lowest BCUT2D eigenvalue weighted by molar-refractivity contribution is -0.111. The van der Waals surface area contributed by atoms with E-state index in [4.69, 9.17) is 0 Å². The zero-order valence-corrected chi connectivity index (χ0v) is 22.2. The van der Waals surface area contributed by atoms with Crippen LogP contribution in [0.4, 0.5) is 0 Å². The summed E-state index contributed by atoms with van der Waals surface area (Å²) >= 11 is 13.2. The van der Waals surface area contributed by atoms with E-state index in [0.717, 1.165) is 0 Å². The Morgan fingerprint density at radius 3 is 2.13 bits per heavy atom. The Labute approximate surface area is 206 Å². The number of Topliss-reactive ketones (excluding diaryl/α,β-unsaturated/α-hetero) is 1. The number of benzene rings is 2. The molecule has 0 atom stereocenters. The van der Waals surface area contributed by atoms with Gasteiger partial charge in [-0.15, -0.1) is 0 Å². The van der Waals surface area contributed by atoms with Gasteiger partial charge < -0.3 is 5.11 Å². The van der Waals surface area contributed by atoms with Crippen LogP contribution in [0.1, 0.15) is 18.1 Å². The van der Waals surface area contributed by atoms with E-state index in [1.54, 1.807) is 37.3 Å². The van der Waals surface area contributed by atoms with E-state index in [0.29, 0.717) is 35.7 Å². The molecule has 30 heavy (non-hydrogen) atoms. The number of ketones is 1. The van der Waals surface area contributed by atoms with Gasteiger partial charge in [0.15, 0.2) is 0 Å². The number of hydrogen-bond acceptors (Lipinski definition) is 4. The van der Waals surface area contributed by atoms with Crippen molar-refractivity contribution in [3.63, 3.8) is 0 Å². The smallest absolute Gasteiger partial charge is 0.295 e. The summed E-state index contributed by atoms with van der Waals surface area (Å²) in [5.74, 6) is -0.262. The van der Waals surface area contributed by atoms with Gasteiger partial charge in [-0.3, -0.25) is 9.35 Å². The number of allylic oxidation sites excluding steroid dienone is 5. The Bertz CT molecular complexity index is 1270. The maximum atomic E-state index is 12.3. The molecule has 0 heterocycles. The third-order valence-electron chi connectivity index (χ3n) is 4.43. The van der Waals surface area contributed by atoms with Crippen molar-refractivity contribution < 1.29 is 22.9 Å². The minimum atomic E-state index is -4.54. The molecular weight excluding hydrogens is 672 g/mol. The minimum absolute atomic E-state index is 0.0184. The summed E-state index contributed by atoms with van der Waals surface area (Å²) in [5.41, 5.74) is 2.38. The molecule has 0 aliphatic heterocycles. The van der Waals surface area contributed by atoms with Crippen molar-refractivity contribution >= 4 is 85.2 Å². The maximum Gasteiger partial charge on any atom is 0.295 e. The normalized spacial score (nSPS) is 16.6. The van der Waals surface area contributed by atoms with Gasteiger partial charge in [-0.1, -0.05) is 18.2 Å². The maximum absolute atomic E-state index is 12.3. The second kappa shape index (κ2) is 8.84. The zero-order chi connectivity index (χ0) is 22.4. The molecule has 0 saturated heterocycles. The first-order valence-corrected chi connectivity index (χ1v) is 12.8. The summed E-state index contributed by atoms with van der Waals surface area (Å²) in [7, 11) is -4.54. The molecule has 0 fully saturated rings. The molecule has 0 radical (unpaired) electrons. The van der Waals surface area contributed by atoms with Crippen LogP contribution < -0.4 is 0 Å². The lowest BCUT2D eigenvalue weighted by atomic mass is 9.87. The Morgan fingerprint density at radius 1 is 1.00 bits per heavy atom. The predicted octanol–water partition coefficient (Wildman–Crippen LogP) is 6.50. The van der Waals surface area contributed by atoms with Gasteiger partial charge in [0.25, 0.3) is 10.1 Å². The fraction of sp³-hybridized carbons (Fsp3) is 0.0500. The van der Waals surface area contributed by atoms with Gasteiger partial charge in [0.05, 0.1) is 17.9 Å². The molecule has 2 aromatic rings. The average molecular weight is 684 g/mol. The second-order valence-electron chi connectivity index (χ2n) is 6.31. The molecule has 0 saturated carbocycles. The summed E-state index contributed by atoms with van der Waals surface area (Å²) < 4.78 is 35.4. The molecule has 3 rings (SSSR count). The highest BCUT2D eigenvalue weighted by Crippen LogP contribution is 2.43. The fourth-order valence-electron chi connectivity index (χ4n) is 3.02. The number of rotatable bonds is 3. The largest absolute Gasteiger partial charge is 0.506 e. The van der Waals surface area contributed by atoms with Crippen LogP contribution in [0.5, 0.6) is 5.75 Å². The van der Waals surface area contributed by atoms with Crippen molar-refractivity contribution in [2.45, 2.75) is 11.8 Å². The first-order chi connectivity index (χ1) is 13.9. The first-order valence-electron chi connectivity index (χ1n) is 8.21. The van der Waals surface area contributed by atoms with Crippen LogP contribution in [0.15, 0.2) is 76.4 Å². The topological polar surface area (TPSA) is 91.7 Å². The summed E-state index contributed by atoms with van der Waals surface area (Å²) in [6.45, 7) is 1.73. The molecule has 10 heteroatoms. The van der Waals surface area contributed by atoms with Crippen LogP contribution in [-0.2, 0) is 14.9 Å². The van der Waals surface area contributed by atoms with Crippen LogP contribution in [0, 0.1) is 0 Å². The van der Waals surface area contributed by atoms with Crippen LogP contribution in [0.2, 0.25) is 0 Å². The fourth-order valence-corrected chi connectivity index (χ4v) is 6.02. The van der Waals surface area contributed by atoms with E-state index in [9.17, 15) is 22.9 Å². The summed E-state index contributed by atoms with van der Waals surface area (Å²) in [4.78, 5) is 12.0. The molecule has 2 aromatic carbocycles. The standard InChI is InChI=1S/C20H12Br4O5S/c1-9-12(8-15(23)20(26)18(9)24)17(10-6-13(21)19(25)14(22)7-10)11-4-2-3-5-16(11)30(27,28)29/h2-8,25H,1H3,(H,27,28,29). The van der Waals surface area contributed by atoms with Crippen LogP contribution in [0.3, 0.4) is 0 Å². The molecule has 0 aromatic heterocycles. The highest BCUT2D eigenvalue weighted by molar-refractivity contribution is 9.13. The average Bonchev–Trinajstić information content (AvgIpc) is 2.68. The SMILES string of the molecule is CC1=C(Br)C(=O)C(Br)=CC1=C(c1cc(Br)c(O)c(Br)c1)c1ccccc1S(=O)(=O)O. The van der Waals surface area contributed by atoms with Gasteiger partial charge in [0.1, 0.15) is 10.6 Å². The summed E-state index contributed by atoms with van der Waals surface area (Å²) in [6.07, 6.45) is 1.60. The monoisotopic (exact) mass is 680 g/mol. The van der Waals surface area contributed by atoms with E-state index < -0.39 is 10.1 Å². The van der Waals surface area contributed by atoms with E-state index in [2.05, 4.69) is 63.7 Å². The molecule has 2 N–H and O–H groups in total. The number of halogens is 4. The lowest BCUT2D eigenvalue weighted by Crippen LogP contribution is -2.10. The predicted molar refractivity (Wildman–Crippen MR) is 129 cm³/mol. The van der Waals surface area contributed by atoms with Gasteiger partial charge in [0, 0.05) is 5.56 Å². The van der Waals surface area contributed by atoms with E-state index >= 15 is 0 Å². The Kier molecular flexibility index (Phi) is 6.96. The molecule has 1 aliphatic carbocycles. The van der Waals surface area contributed by atoms with Crippen LogP contribution in [-0.4, -0.2) is 23.9 Å². The molecule has 156 valence electrons. The lowest BCUT2D eigenvalue weighted by Gasteiger charge is -2.21. The number of aromatic hydroxyl groups is 1. The summed E-state index contributed by atoms with van der Waals surface area (Å²) in [5, 5.41) is 10.1. The van der Waals surface area contributed by atoms with Crippen LogP contribution in [0.25, 0.3) is 5.57 Å². The van der Waals surface area contributed by atoms with E-state index in [-0.39, 0.29) is 26.5 Å². The van der Waals surface area contributed by atoms with E-state index in [1.807, 2.05) is 0 Å². The second-order valence-corrected chi connectivity index (χ2v) is 11.1. The Balaban J connectivity index is 2.53. The van der Waals surface area contributed by atoms with Gasteiger partial charge in [0.2, 0.25) is 5.78 Å². The van der Waals surface area contributed by atoms with Crippen molar-refractivity contribution in [3.05, 3.63) is 82.7 Å². The van der Waals surface area contributed by atoms with Gasteiger partial charge in [-0.25, -0.2) is 0 Å². The number of hydrogen-bond donors (Lipinski definition) is 2. The van der Waals surface area contributed by atoms with Gasteiger partial charge in [-0.05, 0) is 117 Å². The van der Waals surface area contributed by atoms with Gasteiger partial charge in [-0.2, -0.15) is 8.42 Å². The molecule has 5 nitrogen and oxygen atoms in total. The van der Waals surface area contributed by atoms with Crippen molar-refractivity contribution in [3.8, 4) is 5.75 Å². The quantitative estimate of drug-likeness (QED) is 0.361. The highest BCUT2D eigenvalue weighted by Gasteiger charge is 2.27. The first kappa shape index (κ1) is 23.6. The minimum Gasteiger partial charge on any atom is -0.506 e. The van der Waals surface area contributed by atoms with Crippen molar-refractivity contribution in [1.29, 1.82) is 0 Å². The van der Waals surface area contributed by atoms with E-state index in [1.165, 1.54) is 12.1 Å². The third kappa shape index (κ3) is 4.44. The zero-order valence-electron chi connectivity index (χ0n) is 15.1. The number of carbonyl (C=O) groups excluding carboxylic acids is 1. The molecular formula is C20H12Br4O5S. The molecule has 0 bridgehead atoms. The molecule has 0 unspecified atom stereocenters. The number of phenols is 1. The third-order valence-corrected chi connectivity index (χ3v) is 8.09.